The molecule has 0 atom stereocenters. The van der Waals surface area contributed by atoms with E-state index in [4.69, 9.17) is 16.6 Å². The Balaban J connectivity index is 1.88. The molecule has 5 heteroatoms. The van der Waals surface area contributed by atoms with Crippen molar-refractivity contribution in [3.8, 4) is 17.0 Å². The van der Waals surface area contributed by atoms with Crippen LogP contribution in [-0.2, 0) is 0 Å². The van der Waals surface area contributed by atoms with Crippen molar-refractivity contribution in [1.82, 2.24) is 9.38 Å². The molecule has 124 valence electrons. The molecule has 0 amide bonds. The van der Waals surface area contributed by atoms with Crippen molar-refractivity contribution >= 4 is 28.8 Å². The number of anilines is 2. The van der Waals surface area contributed by atoms with E-state index < -0.39 is 0 Å². The van der Waals surface area contributed by atoms with Crippen molar-refractivity contribution in [3.63, 3.8) is 0 Å². The van der Waals surface area contributed by atoms with Crippen LogP contribution in [0.4, 0.5) is 11.5 Å². The van der Waals surface area contributed by atoms with Crippen molar-refractivity contribution in [2.24, 2.45) is 0 Å². The van der Waals surface area contributed by atoms with E-state index in [0.29, 0.717) is 5.02 Å². The van der Waals surface area contributed by atoms with Gasteiger partial charge in [0.05, 0.1) is 0 Å². The number of benzene rings is 2. The molecule has 2 aromatic carbocycles. The Kier molecular flexibility index (Phi) is 3.82. The van der Waals surface area contributed by atoms with Crippen LogP contribution in [0.1, 0.15) is 5.56 Å². The number of hydrogen-bond donors (Lipinski definition) is 2. The smallest absolute Gasteiger partial charge is 0.143 e. The van der Waals surface area contributed by atoms with E-state index in [0.717, 1.165) is 34.0 Å². The topological polar surface area (TPSA) is 49.6 Å². The number of phenols is 1. The summed E-state index contributed by atoms with van der Waals surface area (Å²) in [5, 5.41) is 13.9. The summed E-state index contributed by atoms with van der Waals surface area (Å²) in [4.78, 5) is 4.72. The highest BCUT2D eigenvalue weighted by Crippen LogP contribution is 2.33. The van der Waals surface area contributed by atoms with Crippen molar-refractivity contribution in [3.05, 3.63) is 77.4 Å². The largest absolute Gasteiger partial charge is 0.508 e. The highest BCUT2D eigenvalue weighted by Gasteiger charge is 2.15. The number of hydrogen-bond acceptors (Lipinski definition) is 3. The number of aromatic nitrogens is 2. The Morgan fingerprint density at radius 2 is 1.92 bits per heavy atom. The Morgan fingerprint density at radius 1 is 1.04 bits per heavy atom. The molecule has 2 N–H and O–H groups in total. The molecule has 0 unspecified atom stereocenters. The standard InChI is InChI=1S/C20H16ClN3O/c1-13-8-9-15(12-17(13)21)22-20-19(14-5-4-6-16(25)11-14)23-18-7-2-3-10-24(18)20/h2-12,22,25H,1H3. The molecule has 2 aromatic heterocycles. The van der Waals surface area contributed by atoms with Gasteiger partial charge in [-0.15, -0.1) is 0 Å². The van der Waals surface area contributed by atoms with Gasteiger partial charge in [-0.1, -0.05) is 35.9 Å². The predicted molar refractivity (Wildman–Crippen MR) is 102 cm³/mol. The number of aromatic hydroxyl groups is 1. The zero-order valence-corrected chi connectivity index (χ0v) is 14.3. The fourth-order valence-electron chi connectivity index (χ4n) is 2.78. The van der Waals surface area contributed by atoms with Gasteiger partial charge in [0.25, 0.3) is 0 Å². The average Bonchev–Trinajstić information content (AvgIpc) is 2.97. The minimum absolute atomic E-state index is 0.207. The van der Waals surface area contributed by atoms with E-state index in [1.165, 1.54) is 0 Å². The molecular formula is C20H16ClN3O. The fraction of sp³-hybridized carbons (Fsp3) is 0.0500. The number of imidazole rings is 1. The summed E-state index contributed by atoms with van der Waals surface area (Å²) in [7, 11) is 0. The number of nitrogens with zero attached hydrogens (tertiary/aromatic N) is 2. The molecule has 4 rings (SSSR count). The number of phenolic OH excluding ortho intramolecular Hbond substituents is 1. The zero-order valence-electron chi connectivity index (χ0n) is 13.6. The summed E-state index contributed by atoms with van der Waals surface area (Å²) in [5.41, 5.74) is 4.32. The van der Waals surface area contributed by atoms with Gasteiger partial charge in [0.15, 0.2) is 0 Å². The minimum atomic E-state index is 0.207. The number of aryl methyl sites for hydroxylation is 1. The molecule has 4 aromatic rings. The molecule has 0 aliphatic rings. The number of fused-ring (bicyclic) bond motifs is 1. The van der Waals surface area contributed by atoms with Crippen molar-refractivity contribution in [1.29, 1.82) is 0 Å². The minimum Gasteiger partial charge on any atom is -0.508 e. The van der Waals surface area contributed by atoms with Gasteiger partial charge in [0, 0.05) is 22.5 Å². The second kappa shape index (κ2) is 6.15. The fourth-order valence-corrected chi connectivity index (χ4v) is 2.96. The van der Waals surface area contributed by atoms with E-state index >= 15 is 0 Å². The number of nitrogens with one attached hydrogen (secondary N) is 1. The number of rotatable bonds is 3. The van der Waals surface area contributed by atoms with Gasteiger partial charge in [-0.05, 0) is 48.9 Å². The third kappa shape index (κ3) is 2.92. The Hall–Kier alpha value is -2.98. The highest BCUT2D eigenvalue weighted by molar-refractivity contribution is 6.31. The first-order valence-electron chi connectivity index (χ1n) is 7.91. The molecule has 0 fully saturated rings. The molecule has 0 saturated carbocycles. The highest BCUT2D eigenvalue weighted by atomic mass is 35.5. The summed E-state index contributed by atoms with van der Waals surface area (Å²) in [6.07, 6.45) is 1.95. The van der Waals surface area contributed by atoms with Crippen LogP contribution in [0.5, 0.6) is 5.75 Å². The molecular weight excluding hydrogens is 334 g/mol. The lowest BCUT2D eigenvalue weighted by molar-refractivity contribution is 0.475. The normalized spacial score (nSPS) is 11.0. The van der Waals surface area contributed by atoms with Crippen LogP contribution in [0.15, 0.2) is 66.9 Å². The van der Waals surface area contributed by atoms with E-state index in [1.54, 1.807) is 18.2 Å². The van der Waals surface area contributed by atoms with E-state index in [9.17, 15) is 5.11 Å². The van der Waals surface area contributed by atoms with Crippen LogP contribution in [0, 0.1) is 6.92 Å². The summed E-state index contributed by atoms with van der Waals surface area (Å²) >= 11 is 6.25. The Morgan fingerprint density at radius 3 is 2.72 bits per heavy atom. The summed E-state index contributed by atoms with van der Waals surface area (Å²) in [6.45, 7) is 1.97. The van der Waals surface area contributed by atoms with Crippen LogP contribution < -0.4 is 5.32 Å². The lowest BCUT2D eigenvalue weighted by atomic mass is 10.1. The first-order valence-corrected chi connectivity index (χ1v) is 8.29. The zero-order chi connectivity index (χ0) is 17.4. The number of halogens is 1. The Labute approximate surface area is 150 Å². The van der Waals surface area contributed by atoms with Gasteiger partial charge in [-0.3, -0.25) is 4.40 Å². The van der Waals surface area contributed by atoms with Crippen molar-refractivity contribution in [2.75, 3.05) is 5.32 Å². The molecule has 0 spiro atoms. The molecule has 0 aliphatic heterocycles. The maximum Gasteiger partial charge on any atom is 0.143 e. The number of pyridine rings is 1. The summed E-state index contributed by atoms with van der Waals surface area (Å²) < 4.78 is 1.98. The maximum absolute atomic E-state index is 9.82. The predicted octanol–water partition coefficient (Wildman–Crippen LogP) is 5.41. The van der Waals surface area contributed by atoms with Gasteiger partial charge in [-0.25, -0.2) is 4.98 Å². The molecule has 25 heavy (non-hydrogen) atoms. The third-order valence-corrected chi connectivity index (χ3v) is 4.49. The lowest BCUT2D eigenvalue weighted by Gasteiger charge is -2.10. The van der Waals surface area contributed by atoms with E-state index in [1.807, 2.05) is 60.0 Å². The first kappa shape index (κ1) is 15.5. The lowest BCUT2D eigenvalue weighted by Crippen LogP contribution is -1.97. The SMILES string of the molecule is Cc1ccc(Nc2c(-c3cccc(O)c3)nc3ccccn23)cc1Cl. The Bertz CT molecular complexity index is 1070. The molecule has 0 radical (unpaired) electrons. The average molecular weight is 350 g/mol. The maximum atomic E-state index is 9.82. The van der Waals surface area contributed by atoms with Crippen molar-refractivity contribution in [2.45, 2.75) is 6.92 Å². The van der Waals surface area contributed by atoms with Gasteiger partial charge >= 0.3 is 0 Å². The van der Waals surface area contributed by atoms with Crippen LogP contribution in [-0.4, -0.2) is 14.5 Å². The molecule has 0 saturated heterocycles. The molecule has 4 nitrogen and oxygen atoms in total. The second-order valence-corrected chi connectivity index (χ2v) is 6.28. The van der Waals surface area contributed by atoms with Crippen LogP contribution in [0.2, 0.25) is 5.02 Å². The van der Waals surface area contributed by atoms with Gasteiger partial charge in [-0.2, -0.15) is 0 Å². The molecule has 0 aliphatic carbocycles. The molecule has 2 heterocycles. The first-order chi connectivity index (χ1) is 12.1. The van der Waals surface area contributed by atoms with E-state index in [-0.39, 0.29) is 5.75 Å². The summed E-state index contributed by atoms with van der Waals surface area (Å²) in [5.74, 6) is 1.03. The quantitative estimate of drug-likeness (QED) is 0.519. The third-order valence-electron chi connectivity index (χ3n) is 4.08. The van der Waals surface area contributed by atoms with Crippen molar-refractivity contribution < 1.29 is 5.11 Å². The van der Waals surface area contributed by atoms with Gasteiger partial charge in [0.1, 0.15) is 22.9 Å². The monoisotopic (exact) mass is 349 g/mol. The molecule has 0 bridgehead atoms. The van der Waals surface area contributed by atoms with Crippen LogP contribution >= 0.6 is 11.6 Å². The van der Waals surface area contributed by atoms with Crippen LogP contribution in [0.3, 0.4) is 0 Å². The second-order valence-electron chi connectivity index (χ2n) is 5.88. The van der Waals surface area contributed by atoms with Crippen LogP contribution in [0.25, 0.3) is 16.9 Å². The van der Waals surface area contributed by atoms with Gasteiger partial charge < -0.3 is 10.4 Å². The summed E-state index contributed by atoms with van der Waals surface area (Å²) in [6, 6.07) is 18.8. The van der Waals surface area contributed by atoms with E-state index in [2.05, 4.69) is 5.32 Å². The van der Waals surface area contributed by atoms with Gasteiger partial charge in [0.2, 0.25) is 0 Å².